The molecule has 0 bridgehead atoms. The van der Waals surface area contributed by atoms with Crippen LogP contribution in [-0.4, -0.2) is 36.9 Å². The number of urea groups is 1. The number of benzene rings is 1. The van der Waals surface area contributed by atoms with E-state index in [-0.39, 0.29) is 17.8 Å². The molecular formula is C16H23FN2O3. The Hall–Kier alpha value is -1.82. The number of hydrogen-bond acceptors (Lipinski definition) is 3. The fraction of sp³-hybridized carbons (Fsp3) is 0.562. The average Bonchev–Trinajstić information content (AvgIpc) is 2.51. The summed E-state index contributed by atoms with van der Waals surface area (Å²) in [5, 5.41) is 15.4. The first-order valence-corrected chi connectivity index (χ1v) is 7.65. The van der Waals surface area contributed by atoms with E-state index in [9.17, 15) is 14.3 Å². The van der Waals surface area contributed by atoms with Gasteiger partial charge in [-0.15, -0.1) is 0 Å². The summed E-state index contributed by atoms with van der Waals surface area (Å²) in [5.74, 6) is -0.199. The summed E-state index contributed by atoms with van der Waals surface area (Å²) in [6.45, 7) is 0.434. The van der Waals surface area contributed by atoms with Crippen LogP contribution < -0.4 is 15.4 Å². The smallest absolute Gasteiger partial charge is 0.315 e. The molecule has 0 aliphatic heterocycles. The molecule has 1 aliphatic rings. The maximum atomic E-state index is 13.3. The molecule has 0 unspecified atom stereocenters. The molecule has 0 saturated heterocycles. The van der Waals surface area contributed by atoms with Crippen LogP contribution in [0, 0.1) is 5.82 Å². The highest BCUT2D eigenvalue weighted by Gasteiger charge is 2.24. The van der Waals surface area contributed by atoms with Crippen LogP contribution in [0.1, 0.15) is 31.2 Å². The van der Waals surface area contributed by atoms with Gasteiger partial charge < -0.3 is 20.5 Å². The molecule has 122 valence electrons. The number of nitrogens with one attached hydrogen (secondary N) is 2. The standard InChI is InChI=1S/C16H23FN2O3/c1-22-15-10-11(6-7-12(15)17)8-9-18-16(21)19-13-4-2-3-5-14(13)20/h6-7,10,13-14,20H,2-5,8-9H2,1H3,(H2,18,19,21)/t13-,14-/m1/s1. The van der Waals surface area contributed by atoms with Gasteiger partial charge in [-0.05, 0) is 37.0 Å². The number of amides is 2. The fourth-order valence-electron chi connectivity index (χ4n) is 2.68. The SMILES string of the molecule is COc1cc(CCNC(=O)N[C@@H]2CCCC[C@H]2O)ccc1F. The minimum absolute atomic E-state index is 0.167. The van der Waals surface area contributed by atoms with Gasteiger partial charge in [-0.25, -0.2) is 9.18 Å². The van der Waals surface area contributed by atoms with Crippen molar-refractivity contribution in [2.24, 2.45) is 0 Å². The Labute approximate surface area is 129 Å². The van der Waals surface area contributed by atoms with Crippen LogP contribution >= 0.6 is 0 Å². The average molecular weight is 310 g/mol. The first kappa shape index (κ1) is 16.5. The number of rotatable bonds is 5. The van der Waals surface area contributed by atoms with Crippen molar-refractivity contribution in [1.82, 2.24) is 10.6 Å². The zero-order chi connectivity index (χ0) is 15.9. The predicted octanol–water partition coefficient (Wildman–Crippen LogP) is 1.98. The fourth-order valence-corrected chi connectivity index (χ4v) is 2.68. The molecule has 2 amide bonds. The molecule has 1 aromatic rings. The molecule has 0 aromatic heterocycles. The van der Waals surface area contributed by atoms with E-state index in [2.05, 4.69) is 10.6 Å². The molecule has 3 N–H and O–H groups in total. The molecule has 22 heavy (non-hydrogen) atoms. The Balaban J connectivity index is 1.74. The van der Waals surface area contributed by atoms with Crippen molar-refractivity contribution in [3.63, 3.8) is 0 Å². The van der Waals surface area contributed by atoms with Crippen LogP contribution in [-0.2, 0) is 6.42 Å². The van der Waals surface area contributed by atoms with Gasteiger partial charge >= 0.3 is 6.03 Å². The van der Waals surface area contributed by atoms with E-state index in [4.69, 9.17) is 4.74 Å². The van der Waals surface area contributed by atoms with Crippen LogP contribution in [0.3, 0.4) is 0 Å². The molecular weight excluding hydrogens is 287 g/mol. The number of carbonyl (C=O) groups excluding carboxylic acids is 1. The Kier molecular flexibility index (Phi) is 6.00. The van der Waals surface area contributed by atoms with Gasteiger partial charge in [0, 0.05) is 6.54 Å². The van der Waals surface area contributed by atoms with Crippen molar-refractivity contribution in [3.8, 4) is 5.75 Å². The van der Waals surface area contributed by atoms with Crippen molar-refractivity contribution in [1.29, 1.82) is 0 Å². The van der Waals surface area contributed by atoms with E-state index < -0.39 is 11.9 Å². The molecule has 6 heteroatoms. The van der Waals surface area contributed by atoms with Crippen LogP contribution in [0.4, 0.5) is 9.18 Å². The molecule has 1 aromatic carbocycles. The lowest BCUT2D eigenvalue weighted by atomic mass is 9.93. The second kappa shape index (κ2) is 7.98. The van der Waals surface area contributed by atoms with Gasteiger partial charge in [0.25, 0.3) is 0 Å². The molecule has 1 saturated carbocycles. The number of aliphatic hydroxyl groups is 1. The molecule has 0 heterocycles. The minimum atomic E-state index is -0.458. The Morgan fingerprint density at radius 1 is 1.41 bits per heavy atom. The van der Waals surface area contributed by atoms with E-state index in [1.165, 1.54) is 13.2 Å². The number of methoxy groups -OCH3 is 1. The van der Waals surface area contributed by atoms with Crippen molar-refractivity contribution in [2.45, 2.75) is 44.2 Å². The Bertz CT molecular complexity index is 510. The molecule has 5 nitrogen and oxygen atoms in total. The van der Waals surface area contributed by atoms with Crippen molar-refractivity contribution >= 4 is 6.03 Å². The Morgan fingerprint density at radius 3 is 2.91 bits per heavy atom. The second-order valence-corrected chi connectivity index (χ2v) is 5.58. The highest BCUT2D eigenvalue weighted by Crippen LogP contribution is 2.19. The normalized spacial score (nSPS) is 21.2. The zero-order valence-electron chi connectivity index (χ0n) is 12.8. The topological polar surface area (TPSA) is 70.6 Å². The quantitative estimate of drug-likeness (QED) is 0.779. The molecule has 2 atom stereocenters. The van der Waals surface area contributed by atoms with E-state index in [1.807, 2.05) is 0 Å². The van der Waals surface area contributed by atoms with E-state index >= 15 is 0 Å². The summed E-state index contributed by atoms with van der Waals surface area (Å²) in [6.07, 6.45) is 3.70. The first-order chi connectivity index (χ1) is 10.6. The van der Waals surface area contributed by atoms with Crippen molar-refractivity contribution < 1.29 is 19.0 Å². The van der Waals surface area contributed by atoms with Crippen molar-refractivity contribution in [2.75, 3.05) is 13.7 Å². The summed E-state index contributed by atoms with van der Waals surface area (Å²) in [6, 6.07) is 4.20. The Morgan fingerprint density at radius 2 is 2.18 bits per heavy atom. The van der Waals surface area contributed by atoms with E-state index in [1.54, 1.807) is 12.1 Å². The third-order valence-electron chi connectivity index (χ3n) is 3.96. The van der Waals surface area contributed by atoms with Gasteiger partial charge in [0.1, 0.15) is 0 Å². The lowest BCUT2D eigenvalue weighted by Gasteiger charge is -2.28. The second-order valence-electron chi connectivity index (χ2n) is 5.58. The largest absolute Gasteiger partial charge is 0.494 e. The lowest BCUT2D eigenvalue weighted by Crippen LogP contribution is -2.49. The highest BCUT2D eigenvalue weighted by atomic mass is 19.1. The molecule has 0 spiro atoms. The summed E-state index contributed by atoms with van der Waals surface area (Å²) in [4.78, 5) is 11.8. The monoisotopic (exact) mass is 310 g/mol. The van der Waals surface area contributed by atoms with E-state index in [0.29, 0.717) is 13.0 Å². The number of halogens is 1. The van der Waals surface area contributed by atoms with Gasteiger partial charge in [-0.2, -0.15) is 0 Å². The molecule has 0 radical (unpaired) electrons. The third kappa shape index (κ3) is 4.59. The molecule has 2 rings (SSSR count). The summed E-state index contributed by atoms with van der Waals surface area (Å²) in [5.41, 5.74) is 0.885. The van der Waals surface area contributed by atoms with Crippen LogP contribution in [0.15, 0.2) is 18.2 Å². The minimum Gasteiger partial charge on any atom is -0.494 e. The van der Waals surface area contributed by atoms with Crippen LogP contribution in [0.2, 0.25) is 0 Å². The summed E-state index contributed by atoms with van der Waals surface area (Å²) in [7, 11) is 1.42. The van der Waals surface area contributed by atoms with Gasteiger partial charge in [-0.1, -0.05) is 18.9 Å². The van der Waals surface area contributed by atoms with E-state index in [0.717, 1.165) is 31.2 Å². The molecule has 1 fully saturated rings. The third-order valence-corrected chi connectivity index (χ3v) is 3.96. The lowest BCUT2D eigenvalue weighted by molar-refractivity contribution is 0.0943. The first-order valence-electron chi connectivity index (χ1n) is 7.65. The highest BCUT2D eigenvalue weighted by molar-refractivity contribution is 5.74. The predicted molar refractivity (Wildman–Crippen MR) is 81.5 cm³/mol. The van der Waals surface area contributed by atoms with Gasteiger partial charge in [0.05, 0.1) is 19.3 Å². The van der Waals surface area contributed by atoms with Gasteiger partial charge in [0.15, 0.2) is 11.6 Å². The maximum absolute atomic E-state index is 13.3. The number of aliphatic hydroxyl groups excluding tert-OH is 1. The van der Waals surface area contributed by atoms with Crippen LogP contribution in [0.25, 0.3) is 0 Å². The molecule has 1 aliphatic carbocycles. The van der Waals surface area contributed by atoms with Gasteiger partial charge in [-0.3, -0.25) is 0 Å². The zero-order valence-corrected chi connectivity index (χ0v) is 12.8. The number of carbonyl (C=O) groups is 1. The summed E-state index contributed by atoms with van der Waals surface area (Å²) >= 11 is 0. The van der Waals surface area contributed by atoms with Gasteiger partial charge in [0.2, 0.25) is 0 Å². The summed E-state index contributed by atoms with van der Waals surface area (Å²) < 4.78 is 18.2. The maximum Gasteiger partial charge on any atom is 0.315 e. The number of hydrogen-bond donors (Lipinski definition) is 3. The number of ether oxygens (including phenoxy) is 1. The van der Waals surface area contributed by atoms with Crippen LogP contribution in [0.5, 0.6) is 5.75 Å². The van der Waals surface area contributed by atoms with Crippen molar-refractivity contribution in [3.05, 3.63) is 29.6 Å².